The summed E-state index contributed by atoms with van der Waals surface area (Å²) in [6, 6.07) is 4.31. The fraction of sp³-hybridized carbons (Fsp3) is 0.471. The third-order valence-electron chi connectivity index (χ3n) is 5.27. The number of nitrogens with zero attached hydrogens (tertiary/aromatic N) is 4. The molecule has 12 heteroatoms. The average molecular weight is 423 g/mol. The second-order valence-electron chi connectivity index (χ2n) is 7.26. The van der Waals surface area contributed by atoms with Crippen molar-refractivity contribution in [3.63, 3.8) is 0 Å². The summed E-state index contributed by atoms with van der Waals surface area (Å²) in [6.45, 7) is 1.06. The van der Waals surface area contributed by atoms with E-state index < -0.39 is 9.92 Å². The number of hydrogen-bond donors (Lipinski definition) is 4. The van der Waals surface area contributed by atoms with Crippen LogP contribution in [0.5, 0.6) is 0 Å². The van der Waals surface area contributed by atoms with Crippen molar-refractivity contribution >= 4 is 21.6 Å². The van der Waals surface area contributed by atoms with Crippen LogP contribution in [-0.4, -0.2) is 55.3 Å². The highest BCUT2D eigenvalue weighted by molar-refractivity contribution is 7.89. The van der Waals surface area contributed by atoms with Crippen molar-refractivity contribution in [2.45, 2.75) is 31.3 Å². The second-order valence-corrected chi connectivity index (χ2v) is 9.39. The molecule has 156 valence electrons. The lowest BCUT2D eigenvalue weighted by Crippen LogP contribution is -2.41. The Hall–Kier alpha value is -2.57. The first-order chi connectivity index (χ1) is 13.8. The number of halogens is 1. The molecule has 1 saturated heterocycles. The zero-order chi connectivity index (χ0) is 20.6. The quantitative estimate of drug-likeness (QED) is 0.326. The van der Waals surface area contributed by atoms with Crippen LogP contribution in [-0.2, 0) is 16.3 Å². The van der Waals surface area contributed by atoms with Crippen LogP contribution in [0.15, 0.2) is 27.8 Å². The normalized spacial score (nSPS) is 22.4. The monoisotopic (exact) mass is 423 g/mol. The molecule has 4 N–H and O–H groups in total. The lowest BCUT2D eigenvalue weighted by Gasteiger charge is -2.32. The van der Waals surface area contributed by atoms with Gasteiger partial charge in [0.2, 0.25) is 5.82 Å². The zero-order valence-electron chi connectivity index (χ0n) is 15.8. The van der Waals surface area contributed by atoms with Crippen molar-refractivity contribution in [1.29, 1.82) is 4.78 Å². The Bertz CT molecular complexity index is 1030. The van der Waals surface area contributed by atoms with E-state index in [0.29, 0.717) is 38.2 Å². The highest BCUT2D eigenvalue weighted by Gasteiger charge is 2.29. The lowest BCUT2D eigenvalue weighted by molar-refractivity contribution is 0.232. The van der Waals surface area contributed by atoms with E-state index in [1.807, 2.05) is 5.48 Å². The molecule has 10 nitrogen and oxygen atoms in total. The number of nitrogens with one attached hydrogen (secondary N) is 3. The fourth-order valence-corrected chi connectivity index (χ4v) is 4.55. The van der Waals surface area contributed by atoms with Crippen molar-refractivity contribution in [2.75, 3.05) is 24.7 Å². The Morgan fingerprint density at radius 1 is 1.41 bits per heavy atom. The molecule has 0 radical (unpaired) electrons. The third-order valence-corrected chi connectivity index (χ3v) is 6.62. The van der Waals surface area contributed by atoms with Gasteiger partial charge in [-0.25, -0.2) is 22.3 Å². The molecule has 0 saturated carbocycles. The van der Waals surface area contributed by atoms with Gasteiger partial charge in [0.05, 0.1) is 6.04 Å². The number of hydroxylamine groups is 1. The summed E-state index contributed by atoms with van der Waals surface area (Å²) in [7, 11) is -2.70. The minimum absolute atomic E-state index is 0.0251. The largest absolute Gasteiger partial charge is 0.362 e. The Morgan fingerprint density at radius 2 is 2.17 bits per heavy atom. The van der Waals surface area contributed by atoms with Crippen molar-refractivity contribution in [2.24, 2.45) is 4.99 Å². The van der Waals surface area contributed by atoms with E-state index in [0.717, 1.165) is 11.1 Å². The molecule has 0 bridgehead atoms. The van der Waals surface area contributed by atoms with Gasteiger partial charge in [-0.1, -0.05) is 6.07 Å². The molecular weight excluding hydrogens is 401 g/mol. The number of fused-ring (bicyclic) bond motifs is 1. The summed E-state index contributed by atoms with van der Waals surface area (Å²) in [6.07, 6.45) is 3.39. The molecule has 29 heavy (non-hydrogen) atoms. The molecule has 2 unspecified atom stereocenters. The summed E-state index contributed by atoms with van der Waals surface area (Å²) in [4.78, 5) is 4.44. The number of rotatable bonds is 5. The molecule has 1 aliphatic heterocycles. The van der Waals surface area contributed by atoms with Crippen molar-refractivity contribution in [1.82, 2.24) is 20.1 Å². The summed E-state index contributed by atoms with van der Waals surface area (Å²) in [5.41, 5.74) is 4.05. The van der Waals surface area contributed by atoms with Gasteiger partial charge < -0.3 is 5.32 Å². The number of benzene rings is 1. The number of aliphatic imine (C=N–C) groups is 1. The summed E-state index contributed by atoms with van der Waals surface area (Å²) >= 11 is 0. The first-order valence-electron chi connectivity index (χ1n) is 9.19. The Balaban J connectivity index is 1.47. The second kappa shape index (κ2) is 7.69. The molecular formula is C17H22FN7O3S. The SMILES string of the molecule is CS(=N)(=O)N1CCC(Nc2nonc2C(=NC2Cc3ccc(F)cc32)NO)CC1. The van der Waals surface area contributed by atoms with Gasteiger partial charge in [-0.2, -0.15) is 0 Å². The molecule has 1 aromatic carbocycles. The first kappa shape index (κ1) is 19.7. The van der Waals surface area contributed by atoms with Gasteiger partial charge in [0, 0.05) is 25.4 Å². The molecule has 2 aliphatic rings. The third kappa shape index (κ3) is 4.09. The highest BCUT2D eigenvalue weighted by atomic mass is 32.2. The first-order valence-corrected chi connectivity index (χ1v) is 11.1. The summed E-state index contributed by atoms with van der Waals surface area (Å²) < 4.78 is 39.5. The summed E-state index contributed by atoms with van der Waals surface area (Å²) in [5, 5.41) is 20.5. The maximum atomic E-state index is 13.5. The van der Waals surface area contributed by atoms with Crippen LogP contribution in [0.2, 0.25) is 0 Å². The fourth-order valence-electron chi connectivity index (χ4n) is 3.64. The van der Waals surface area contributed by atoms with Gasteiger partial charge >= 0.3 is 0 Å². The maximum absolute atomic E-state index is 13.5. The number of aromatic nitrogens is 2. The standard InChI is InChI=1S/C17H22FN7O3S/c1-29(19,27)25-6-4-12(5-7-25)20-17-15(23-28-24-17)16(22-26)21-14-8-10-2-3-11(18)9-13(10)14/h2-3,9,12,14,19,26H,4-8H2,1H3,(H,20,24)(H,21,22). The van der Waals surface area contributed by atoms with Gasteiger partial charge in [-0.3, -0.25) is 15.7 Å². The van der Waals surface area contributed by atoms with E-state index in [1.165, 1.54) is 18.4 Å². The molecule has 4 rings (SSSR count). The minimum atomic E-state index is -2.70. The topological polar surface area (TPSA) is 140 Å². The van der Waals surface area contributed by atoms with Crippen LogP contribution in [0, 0.1) is 10.6 Å². The van der Waals surface area contributed by atoms with E-state index in [2.05, 4.69) is 20.6 Å². The van der Waals surface area contributed by atoms with E-state index in [9.17, 15) is 13.8 Å². The smallest absolute Gasteiger partial charge is 0.202 e. The van der Waals surface area contributed by atoms with Crippen molar-refractivity contribution < 1.29 is 18.4 Å². The van der Waals surface area contributed by atoms with Gasteiger partial charge in [0.1, 0.15) is 15.7 Å². The molecule has 2 heterocycles. The van der Waals surface area contributed by atoms with Crippen molar-refractivity contribution in [3.05, 3.63) is 40.8 Å². The van der Waals surface area contributed by atoms with Crippen LogP contribution in [0.4, 0.5) is 10.2 Å². The minimum Gasteiger partial charge on any atom is -0.362 e. The Kier molecular flexibility index (Phi) is 5.23. The molecule has 0 spiro atoms. The Morgan fingerprint density at radius 3 is 2.86 bits per heavy atom. The van der Waals surface area contributed by atoms with Crippen LogP contribution >= 0.6 is 0 Å². The van der Waals surface area contributed by atoms with E-state index in [4.69, 9.17) is 9.41 Å². The number of anilines is 1. The molecule has 1 aromatic heterocycles. The summed E-state index contributed by atoms with van der Waals surface area (Å²) in [5.74, 6) is 0.0714. The van der Waals surface area contributed by atoms with Gasteiger partial charge in [0.15, 0.2) is 11.5 Å². The zero-order valence-corrected chi connectivity index (χ0v) is 16.6. The Labute approximate surface area is 167 Å². The predicted octanol–water partition coefficient (Wildman–Crippen LogP) is 1.70. The number of amidine groups is 1. The van der Waals surface area contributed by atoms with E-state index in [-0.39, 0.29) is 29.4 Å². The highest BCUT2D eigenvalue weighted by Crippen LogP contribution is 2.37. The van der Waals surface area contributed by atoms with Crippen LogP contribution in [0.1, 0.15) is 35.7 Å². The van der Waals surface area contributed by atoms with Crippen LogP contribution < -0.4 is 10.8 Å². The molecule has 2 atom stereocenters. The maximum Gasteiger partial charge on any atom is 0.202 e. The number of hydrogen-bond acceptors (Lipinski definition) is 8. The van der Waals surface area contributed by atoms with E-state index in [1.54, 1.807) is 10.4 Å². The van der Waals surface area contributed by atoms with Gasteiger partial charge in [0.25, 0.3) is 0 Å². The molecule has 1 fully saturated rings. The molecule has 0 amide bonds. The van der Waals surface area contributed by atoms with Crippen LogP contribution in [0.25, 0.3) is 0 Å². The average Bonchev–Trinajstić information content (AvgIpc) is 3.12. The number of piperidine rings is 1. The van der Waals surface area contributed by atoms with Gasteiger partial charge in [-0.15, -0.1) is 0 Å². The predicted molar refractivity (Wildman–Crippen MR) is 104 cm³/mol. The van der Waals surface area contributed by atoms with Gasteiger partial charge in [-0.05, 0) is 52.8 Å². The molecule has 2 aromatic rings. The van der Waals surface area contributed by atoms with E-state index >= 15 is 0 Å². The van der Waals surface area contributed by atoms with Crippen molar-refractivity contribution in [3.8, 4) is 0 Å². The van der Waals surface area contributed by atoms with Crippen LogP contribution in [0.3, 0.4) is 0 Å². The lowest BCUT2D eigenvalue weighted by atomic mass is 9.83. The molecule has 1 aliphatic carbocycles.